The Morgan fingerprint density at radius 1 is 1.50 bits per heavy atom. The second kappa shape index (κ2) is 4.77. The van der Waals surface area contributed by atoms with E-state index >= 15 is 0 Å². The van der Waals surface area contributed by atoms with Gasteiger partial charge in [0.05, 0.1) is 0 Å². The summed E-state index contributed by atoms with van der Waals surface area (Å²) < 4.78 is 0. The Morgan fingerprint density at radius 2 is 2.21 bits per heavy atom. The van der Waals surface area contributed by atoms with Crippen LogP contribution in [0.3, 0.4) is 0 Å². The SMILES string of the molecule is CC(=O)Cc1ccc(C)c(NCO)c1. The number of hydrogen-bond acceptors (Lipinski definition) is 3. The lowest BCUT2D eigenvalue weighted by Gasteiger charge is -2.08. The van der Waals surface area contributed by atoms with Crippen molar-refractivity contribution in [2.75, 3.05) is 12.0 Å². The summed E-state index contributed by atoms with van der Waals surface area (Å²) in [5, 5.41) is 11.6. The van der Waals surface area contributed by atoms with Crippen molar-refractivity contribution in [3.63, 3.8) is 0 Å². The summed E-state index contributed by atoms with van der Waals surface area (Å²) in [7, 11) is 0. The van der Waals surface area contributed by atoms with Crippen molar-refractivity contribution in [1.29, 1.82) is 0 Å². The van der Waals surface area contributed by atoms with Crippen LogP contribution in [0.15, 0.2) is 18.2 Å². The Morgan fingerprint density at radius 3 is 2.79 bits per heavy atom. The van der Waals surface area contributed by atoms with E-state index in [1.165, 1.54) is 0 Å². The molecule has 3 heteroatoms. The van der Waals surface area contributed by atoms with Crippen LogP contribution in [0.1, 0.15) is 18.1 Å². The van der Waals surface area contributed by atoms with Crippen LogP contribution in [0.5, 0.6) is 0 Å². The molecule has 76 valence electrons. The third kappa shape index (κ3) is 2.85. The van der Waals surface area contributed by atoms with Crippen molar-refractivity contribution in [3.8, 4) is 0 Å². The molecule has 0 aliphatic heterocycles. The van der Waals surface area contributed by atoms with Gasteiger partial charge in [0.25, 0.3) is 0 Å². The summed E-state index contributed by atoms with van der Waals surface area (Å²) in [5.74, 6) is 0.142. The number of aliphatic hydroxyl groups excluding tert-OH is 1. The largest absolute Gasteiger partial charge is 0.377 e. The molecule has 0 radical (unpaired) electrons. The van der Waals surface area contributed by atoms with Crippen LogP contribution in [0.25, 0.3) is 0 Å². The molecule has 14 heavy (non-hydrogen) atoms. The average molecular weight is 193 g/mol. The van der Waals surface area contributed by atoms with Crippen LogP contribution in [0.2, 0.25) is 0 Å². The van der Waals surface area contributed by atoms with E-state index in [4.69, 9.17) is 5.11 Å². The first-order valence-electron chi connectivity index (χ1n) is 4.57. The van der Waals surface area contributed by atoms with Crippen molar-refractivity contribution in [3.05, 3.63) is 29.3 Å². The molecular formula is C11H15NO2. The number of rotatable bonds is 4. The fraction of sp³-hybridized carbons (Fsp3) is 0.364. The second-order valence-corrected chi connectivity index (χ2v) is 3.36. The standard InChI is InChI=1S/C11H15NO2/c1-8-3-4-10(5-9(2)14)6-11(8)12-7-13/h3-4,6,12-13H,5,7H2,1-2H3. The van der Waals surface area contributed by atoms with Crippen molar-refractivity contribution >= 4 is 11.5 Å². The molecule has 1 aromatic rings. The van der Waals surface area contributed by atoms with Gasteiger partial charge >= 0.3 is 0 Å². The normalized spacial score (nSPS) is 9.93. The highest BCUT2D eigenvalue weighted by atomic mass is 16.3. The van der Waals surface area contributed by atoms with E-state index in [2.05, 4.69) is 5.32 Å². The summed E-state index contributed by atoms with van der Waals surface area (Å²) in [6, 6.07) is 5.77. The van der Waals surface area contributed by atoms with E-state index < -0.39 is 0 Å². The number of carbonyl (C=O) groups is 1. The summed E-state index contributed by atoms with van der Waals surface area (Å²) in [6.07, 6.45) is 0.445. The molecule has 0 unspecified atom stereocenters. The van der Waals surface area contributed by atoms with Crippen LogP contribution in [0.4, 0.5) is 5.69 Å². The molecule has 0 saturated heterocycles. The van der Waals surface area contributed by atoms with Gasteiger partial charge < -0.3 is 10.4 Å². The van der Waals surface area contributed by atoms with Gasteiger partial charge in [-0.1, -0.05) is 12.1 Å². The fourth-order valence-corrected chi connectivity index (χ4v) is 1.34. The van der Waals surface area contributed by atoms with Crippen molar-refractivity contribution in [1.82, 2.24) is 0 Å². The Hall–Kier alpha value is -1.35. The number of nitrogens with one attached hydrogen (secondary N) is 1. The predicted octanol–water partition coefficient (Wildman–Crippen LogP) is 1.49. The first kappa shape index (κ1) is 10.7. The van der Waals surface area contributed by atoms with E-state index in [-0.39, 0.29) is 12.5 Å². The number of hydrogen-bond donors (Lipinski definition) is 2. The third-order valence-corrected chi connectivity index (χ3v) is 2.02. The maximum atomic E-state index is 10.9. The molecule has 0 heterocycles. The topological polar surface area (TPSA) is 49.3 Å². The number of carbonyl (C=O) groups excluding carboxylic acids is 1. The summed E-state index contributed by atoms with van der Waals surface area (Å²) >= 11 is 0. The lowest BCUT2D eigenvalue weighted by atomic mass is 10.1. The predicted molar refractivity (Wildman–Crippen MR) is 56.3 cm³/mol. The minimum atomic E-state index is -0.0929. The molecule has 0 spiro atoms. The van der Waals surface area contributed by atoms with Gasteiger partial charge in [0, 0.05) is 12.1 Å². The molecule has 0 atom stereocenters. The molecule has 0 aliphatic rings. The highest BCUT2D eigenvalue weighted by molar-refractivity contribution is 5.78. The molecule has 3 nitrogen and oxygen atoms in total. The highest BCUT2D eigenvalue weighted by Crippen LogP contribution is 2.16. The number of ketones is 1. The summed E-state index contributed by atoms with van der Waals surface area (Å²) in [6.45, 7) is 3.43. The van der Waals surface area contributed by atoms with Gasteiger partial charge in [-0.3, -0.25) is 4.79 Å². The fourth-order valence-electron chi connectivity index (χ4n) is 1.34. The zero-order valence-corrected chi connectivity index (χ0v) is 8.50. The number of anilines is 1. The Balaban J connectivity index is 2.88. The summed E-state index contributed by atoms with van der Waals surface area (Å²) in [4.78, 5) is 10.9. The van der Waals surface area contributed by atoms with Gasteiger partial charge in [0.1, 0.15) is 12.5 Å². The summed E-state index contributed by atoms with van der Waals surface area (Å²) in [5.41, 5.74) is 2.91. The smallest absolute Gasteiger partial charge is 0.134 e. The third-order valence-electron chi connectivity index (χ3n) is 2.02. The van der Waals surface area contributed by atoms with Gasteiger partial charge in [-0.15, -0.1) is 0 Å². The maximum absolute atomic E-state index is 10.9. The molecular weight excluding hydrogens is 178 g/mol. The van der Waals surface area contributed by atoms with Gasteiger partial charge in [-0.05, 0) is 31.0 Å². The lowest BCUT2D eigenvalue weighted by Crippen LogP contribution is -2.03. The Kier molecular flexibility index (Phi) is 3.65. The van der Waals surface area contributed by atoms with E-state index in [1.807, 2.05) is 25.1 Å². The van der Waals surface area contributed by atoms with Gasteiger partial charge in [0.2, 0.25) is 0 Å². The van der Waals surface area contributed by atoms with Crippen LogP contribution in [0, 0.1) is 6.92 Å². The van der Waals surface area contributed by atoms with Gasteiger partial charge in [-0.2, -0.15) is 0 Å². The van der Waals surface area contributed by atoms with Crippen LogP contribution in [-0.2, 0) is 11.2 Å². The van der Waals surface area contributed by atoms with Gasteiger partial charge in [0.15, 0.2) is 0 Å². The highest BCUT2D eigenvalue weighted by Gasteiger charge is 2.01. The van der Waals surface area contributed by atoms with E-state index in [0.717, 1.165) is 16.8 Å². The molecule has 0 aromatic heterocycles. The molecule has 0 saturated carbocycles. The zero-order valence-electron chi connectivity index (χ0n) is 8.50. The lowest BCUT2D eigenvalue weighted by molar-refractivity contribution is -0.116. The first-order valence-corrected chi connectivity index (χ1v) is 4.57. The zero-order chi connectivity index (χ0) is 10.6. The molecule has 1 rings (SSSR count). The van der Waals surface area contributed by atoms with Gasteiger partial charge in [-0.25, -0.2) is 0 Å². The van der Waals surface area contributed by atoms with E-state index in [1.54, 1.807) is 6.92 Å². The first-order chi connectivity index (χ1) is 6.63. The Labute approximate surface area is 83.8 Å². The Bertz CT molecular complexity index is 334. The maximum Gasteiger partial charge on any atom is 0.134 e. The van der Waals surface area contributed by atoms with Crippen molar-refractivity contribution < 1.29 is 9.90 Å². The number of benzene rings is 1. The van der Waals surface area contributed by atoms with Crippen LogP contribution < -0.4 is 5.32 Å². The number of aryl methyl sites for hydroxylation is 1. The van der Waals surface area contributed by atoms with E-state index in [9.17, 15) is 4.79 Å². The molecule has 2 N–H and O–H groups in total. The van der Waals surface area contributed by atoms with Crippen LogP contribution in [-0.4, -0.2) is 17.6 Å². The van der Waals surface area contributed by atoms with E-state index in [0.29, 0.717) is 6.42 Å². The molecule has 0 bridgehead atoms. The quantitative estimate of drug-likeness (QED) is 0.712. The monoisotopic (exact) mass is 193 g/mol. The number of Topliss-reactive ketones (excluding diaryl/α,β-unsaturated/α-hetero) is 1. The minimum absolute atomic E-state index is 0.0929. The number of aliphatic hydroxyl groups is 1. The minimum Gasteiger partial charge on any atom is -0.377 e. The molecule has 0 amide bonds. The molecule has 1 aromatic carbocycles. The second-order valence-electron chi connectivity index (χ2n) is 3.36. The van der Waals surface area contributed by atoms with Crippen LogP contribution >= 0.6 is 0 Å². The van der Waals surface area contributed by atoms with Crippen molar-refractivity contribution in [2.24, 2.45) is 0 Å². The average Bonchev–Trinajstić information content (AvgIpc) is 2.10. The van der Waals surface area contributed by atoms with Crippen molar-refractivity contribution in [2.45, 2.75) is 20.3 Å². The molecule has 0 fully saturated rings. The molecule has 0 aliphatic carbocycles.